The number of nitrogens with one attached hydrogen (secondary N) is 1. The van der Waals surface area contributed by atoms with Gasteiger partial charge in [0, 0.05) is 19.7 Å². The Balaban J connectivity index is 1.58. The van der Waals surface area contributed by atoms with Crippen LogP contribution in [0.5, 0.6) is 0 Å². The number of hydrogen-bond acceptors (Lipinski definition) is 5. The quantitative estimate of drug-likeness (QED) is 0.822. The lowest BCUT2D eigenvalue weighted by molar-refractivity contribution is 0.0978. The van der Waals surface area contributed by atoms with Crippen molar-refractivity contribution < 1.29 is 4.79 Å². The van der Waals surface area contributed by atoms with Gasteiger partial charge < -0.3 is 5.32 Å². The largest absolute Gasteiger partial charge is 0.317 e. The first-order valence-corrected chi connectivity index (χ1v) is 7.35. The maximum absolute atomic E-state index is 12.2. The van der Waals surface area contributed by atoms with Crippen molar-refractivity contribution in [1.82, 2.24) is 30.1 Å². The third-order valence-electron chi connectivity index (χ3n) is 3.88. The number of Topliss-reactive ketones (excluding diaryl/α,β-unsaturated/α-hetero) is 1. The van der Waals surface area contributed by atoms with Crippen LogP contribution in [0.15, 0.2) is 18.6 Å². The summed E-state index contributed by atoms with van der Waals surface area (Å²) in [6, 6.07) is 0.360. The zero-order valence-corrected chi connectivity index (χ0v) is 12.2. The molecule has 0 aliphatic carbocycles. The second-order valence-electron chi connectivity index (χ2n) is 5.51. The Morgan fingerprint density at radius 1 is 1.38 bits per heavy atom. The zero-order chi connectivity index (χ0) is 14.7. The first-order valence-electron chi connectivity index (χ1n) is 7.35. The van der Waals surface area contributed by atoms with Crippen LogP contribution in [0.3, 0.4) is 0 Å². The number of hydrogen-bond donors (Lipinski definition) is 1. The lowest BCUT2D eigenvalue weighted by atomic mass is 10.1. The molecule has 0 aromatic carbocycles. The molecular formula is C14H20N6O. The second kappa shape index (κ2) is 6.17. The predicted molar refractivity (Wildman–Crippen MR) is 77.0 cm³/mol. The number of aromatic nitrogens is 5. The van der Waals surface area contributed by atoms with E-state index in [1.165, 1.54) is 0 Å². The highest BCUT2D eigenvalue weighted by atomic mass is 16.1. The van der Waals surface area contributed by atoms with E-state index in [2.05, 4.69) is 20.7 Å². The van der Waals surface area contributed by atoms with E-state index in [4.69, 9.17) is 0 Å². The van der Waals surface area contributed by atoms with E-state index in [-0.39, 0.29) is 5.78 Å². The van der Waals surface area contributed by atoms with Gasteiger partial charge >= 0.3 is 0 Å². The van der Waals surface area contributed by atoms with Gasteiger partial charge in [0.05, 0.1) is 18.4 Å². The number of ketones is 1. The van der Waals surface area contributed by atoms with Gasteiger partial charge in [0.25, 0.3) is 0 Å². The van der Waals surface area contributed by atoms with Gasteiger partial charge in [-0.15, -0.1) is 5.10 Å². The van der Waals surface area contributed by atoms with Crippen molar-refractivity contribution in [2.75, 3.05) is 13.1 Å². The molecule has 1 aliphatic rings. The van der Waals surface area contributed by atoms with Crippen LogP contribution >= 0.6 is 0 Å². The Morgan fingerprint density at radius 2 is 2.19 bits per heavy atom. The van der Waals surface area contributed by atoms with Gasteiger partial charge in [-0.2, -0.15) is 5.10 Å². The topological polar surface area (TPSA) is 77.6 Å². The van der Waals surface area contributed by atoms with Gasteiger partial charge in [0.2, 0.25) is 0 Å². The number of nitrogens with zero attached hydrogens (tertiary/aromatic N) is 5. The van der Waals surface area contributed by atoms with Crippen molar-refractivity contribution in [2.24, 2.45) is 7.05 Å². The number of carbonyl (C=O) groups excluding carboxylic acids is 1. The van der Waals surface area contributed by atoms with Gasteiger partial charge in [-0.3, -0.25) is 9.48 Å². The van der Waals surface area contributed by atoms with Crippen LogP contribution in [-0.2, 0) is 13.5 Å². The molecule has 1 aliphatic heterocycles. The highest BCUT2D eigenvalue weighted by Gasteiger charge is 2.18. The first kappa shape index (κ1) is 13.9. The predicted octanol–water partition coefficient (Wildman–Crippen LogP) is 0.752. The second-order valence-corrected chi connectivity index (χ2v) is 5.51. The minimum absolute atomic E-state index is 0.0408. The molecule has 1 fully saturated rings. The van der Waals surface area contributed by atoms with E-state index in [0.717, 1.165) is 31.5 Å². The highest BCUT2D eigenvalue weighted by molar-refractivity contribution is 5.93. The molecule has 2 aromatic heterocycles. The molecule has 0 saturated carbocycles. The van der Waals surface area contributed by atoms with Crippen molar-refractivity contribution in [3.8, 4) is 0 Å². The van der Waals surface area contributed by atoms with Crippen molar-refractivity contribution in [3.63, 3.8) is 0 Å². The number of piperidine rings is 1. The molecule has 0 amide bonds. The maximum atomic E-state index is 12.2. The Hall–Kier alpha value is -2.02. The standard InChI is InChI=1S/C14H20N6O/c1-19-9-11(8-16-19)2-3-14(21)13-10-20(18-17-13)12-4-6-15-7-5-12/h8-10,12,15H,2-7H2,1H3. The summed E-state index contributed by atoms with van der Waals surface area (Å²) in [5.74, 6) is 0.0408. The Morgan fingerprint density at radius 3 is 2.90 bits per heavy atom. The van der Waals surface area contributed by atoms with Crippen LogP contribution in [0.4, 0.5) is 0 Å². The lowest BCUT2D eigenvalue weighted by Crippen LogP contribution is -2.29. The summed E-state index contributed by atoms with van der Waals surface area (Å²) in [5, 5.41) is 15.6. The molecule has 1 N–H and O–H groups in total. The maximum Gasteiger partial charge on any atom is 0.185 e. The zero-order valence-electron chi connectivity index (χ0n) is 12.2. The summed E-state index contributed by atoms with van der Waals surface area (Å²) < 4.78 is 3.59. The number of carbonyl (C=O) groups is 1. The van der Waals surface area contributed by atoms with Crippen molar-refractivity contribution in [3.05, 3.63) is 29.8 Å². The van der Waals surface area contributed by atoms with E-state index in [9.17, 15) is 4.79 Å². The molecule has 0 bridgehead atoms. The van der Waals surface area contributed by atoms with E-state index in [1.807, 2.05) is 17.9 Å². The fourth-order valence-corrected chi connectivity index (χ4v) is 2.64. The summed E-state index contributed by atoms with van der Waals surface area (Å²) in [5.41, 5.74) is 1.54. The lowest BCUT2D eigenvalue weighted by Gasteiger charge is -2.22. The molecule has 0 spiro atoms. The summed E-state index contributed by atoms with van der Waals surface area (Å²) in [6.45, 7) is 1.99. The molecule has 112 valence electrons. The molecule has 7 nitrogen and oxygen atoms in total. The van der Waals surface area contributed by atoms with Gasteiger partial charge in [0.15, 0.2) is 5.78 Å². The van der Waals surface area contributed by atoms with Gasteiger partial charge in [-0.05, 0) is 37.9 Å². The Labute approximate surface area is 123 Å². The Kier molecular flexibility index (Phi) is 4.10. The first-order chi connectivity index (χ1) is 10.2. The van der Waals surface area contributed by atoms with E-state index in [0.29, 0.717) is 24.6 Å². The molecule has 3 rings (SSSR count). The smallest absolute Gasteiger partial charge is 0.185 e. The molecule has 1 saturated heterocycles. The monoisotopic (exact) mass is 288 g/mol. The third-order valence-corrected chi connectivity index (χ3v) is 3.88. The minimum atomic E-state index is 0.0408. The SMILES string of the molecule is Cn1cc(CCC(=O)c2cn(C3CCNCC3)nn2)cn1. The number of rotatable bonds is 5. The normalized spacial score (nSPS) is 16.2. The average molecular weight is 288 g/mol. The van der Waals surface area contributed by atoms with E-state index >= 15 is 0 Å². The fourth-order valence-electron chi connectivity index (χ4n) is 2.64. The van der Waals surface area contributed by atoms with E-state index < -0.39 is 0 Å². The highest BCUT2D eigenvalue weighted by Crippen LogP contribution is 2.17. The minimum Gasteiger partial charge on any atom is -0.317 e. The van der Waals surface area contributed by atoms with Crippen molar-refractivity contribution >= 4 is 5.78 Å². The van der Waals surface area contributed by atoms with Crippen LogP contribution in [0, 0.1) is 0 Å². The Bertz CT molecular complexity index is 611. The molecule has 0 atom stereocenters. The van der Waals surface area contributed by atoms with Crippen LogP contribution < -0.4 is 5.32 Å². The summed E-state index contributed by atoms with van der Waals surface area (Å²) in [7, 11) is 1.87. The number of aryl methyl sites for hydroxylation is 2. The summed E-state index contributed by atoms with van der Waals surface area (Å²) in [4.78, 5) is 12.2. The molecule has 2 aromatic rings. The average Bonchev–Trinajstić information content (AvgIpc) is 3.15. The summed E-state index contributed by atoms with van der Waals surface area (Å²) >= 11 is 0. The van der Waals surface area contributed by atoms with E-state index in [1.54, 1.807) is 17.1 Å². The van der Waals surface area contributed by atoms with Crippen LogP contribution in [0.1, 0.15) is 41.4 Å². The van der Waals surface area contributed by atoms with Crippen LogP contribution in [-0.4, -0.2) is 43.6 Å². The molecule has 7 heteroatoms. The molecule has 0 radical (unpaired) electrons. The van der Waals surface area contributed by atoms with Crippen LogP contribution in [0.25, 0.3) is 0 Å². The van der Waals surface area contributed by atoms with Gasteiger partial charge in [0.1, 0.15) is 5.69 Å². The molecule has 21 heavy (non-hydrogen) atoms. The van der Waals surface area contributed by atoms with Crippen LogP contribution in [0.2, 0.25) is 0 Å². The molecular weight excluding hydrogens is 268 g/mol. The van der Waals surface area contributed by atoms with Crippen molar-refractivity contribution in [1.29, 1.82) is 0 Å². The molecule has 3 heterocycles. The van der Waals surface area contributed by atoms with Gasteiger partial charge in [-0.1, -0.05) is 5.21 Å². The van der Waals surface area contributed by atoms with Gasteiger partial charge in [-0.25, -0.2) is 4.68 Å². The molecule has 0 unspecified atom stereocenters. The third kappa shape index (κ3) is 3.36. The summed E-state index contributed by atoms with van der Waals surface area (Å²) in [6.07, 6.45) is 8.71. The fraction of sp³-hybridized carbons (Fsp3) is 0.571. The van der Waals surface area contributed by atoms with Crippen molar-refractivity contribution in [2.45, 2.75) is 31.7 Å².